The van der Waals surface area contributed by atoms with Gasteiger partial charge in [0.2, 0.25) is 5.69 Å². The molecular weight excluding hydrogens is 303 g/mol. The van der Waals surface area contributed by atoms with Gasteiger partial charge in [-0.3, -0.25) is 0 Å². The van der Waals surface area contributed by atoms with E-state index in [9.17, 15) is 9.65 Å². The molecule has 0 aliphatic heterocycles. The molecule has 2 aromatic heterocycles. The van der Waals surface area contributed by atoms with Gasteiger partial charge < -0.3 is 4.42 Å². The van der Waals surface area contributed by atoms with Crippen LogP contribution >= 0.6 is 0 Å². The van der Waals surface area contributed by atoms with Crippen LogP contribution in [0.1, 0.15) is 11.1 Å². The first-order valence-corrected chi connectivity index (χ1v) is 7.61. The van der Waals surface area contributed by atoms with Gasteiger partial charge in [-0.25, -0.2) is 8.96 Å². The van der Waals surface area contributed by atoms with Crippen molar-refractivity contribution in [1.29, 1.82) is 5.26 Å². The Morgan fingerprint density at radius 2 is 1.92 bits per heavy atom. The predicted molar refractivity (Wildman–Crippen MR) is 89.7 cm³/mol. The summed E-state index contributed by atoms with van der Waals surface area (Å²) in [5.74, 6) is -0.320. The maximum Gasteiger partial charge on any atom is 0.213 e. The number of benzene rings is 2. The maximum atomic E-state index is 14.5. The zero-order chi connectivity index (χ0) is 16.8. The Balaban J connectivity index is 2.30. The van der Waals surface area contributed by atoms with E-state index in [0.717, 1.165) is 22.0 Å². The molecule has 116 valence electrons. The summed E-state index contributed by atoms with van der Waals surface area (Å²) in [6.45, 7) is 1.75. The lowest BCUT2D eigenvalue weighted by Gasteiger charge is -2.07. The van der Waals surface area contributed by atoms with Crippen LogP contribution in [0.15, 0.2) is 53.1 Å². The van der Waals surface area contributed by atoms with Gasteiger partial charge in [0.05, 0.1) is 17.2 Å². The van der Waals surface area contributed by atoms with Crippen molar-refractivity contribution in [2.45, 2.75) is 6.92 Å². The van der Waals surface area contributed by atoms with Crippen molar-refractivity contribution in [3.8, 4) is 17.3 Å². The fourth-order valence-corrected chi connectivity index (χ4v) is 3.24. The molecule has 0 saturated heterocycles. The van der Waals surface area contributed by atoms with Gasteiger partial charge >= 0.3 is 0 Å². The molecule has 0 radical (unpaired) electrons. The van der Waals surface area contributed by atoms with E-state index in [1.165, 1.54) is 6.07 Å². The molecule has 0 unspecified atom stereocenters. The molecule has 0 bridgehead atoms. The number of hydrogen-bond acceptors (Lipinski definition) is 2. The van der Waals surface area contributed by atoms with Gasteiger partial charge in [-0.05, 0) is 30.7 Å². The van der Waals surface area contributed by atoms with Gasteiger partial charge in [0.25, 0.3) is 0 Å². The molecule has 2 aromatic carbocycles. The molecule has 0 aliphatic rings. The SMILES string of the molecule is Cc1c(F)cc2oc3cccc(C#N)c3c2c1-c1cccc[n+]1C. The molecule has 24 heavy (non-hydrogen) atoms. The average Bonchev–Trinajstić information content (AvgIpc) is 2.95. The second-order valence-electron chi connectivity index (χ2n) is 5.82. The summed E-state index contributed by atoms with van der Waals surface area (Å²) < 4.78 is 22.3. The molecule has 2 heterocycles. The molecule has 0 saturated carbocycles. The molecule has 0 aliphatic carbocycles. The smallest absolute Gasteiger partial charge is 0.213 e. The standard InChI is InChI=1S/C20H14FN2O/c1-12-14(21)10-17-20(18(12)15-7-3-4-9-23(15)2)19-13(11-22)6-5-8-16(19)24-17/h3-10H,1-2H3/q+1. The van der Waals surface area contributed by atoms with E-state index < -0.39 is 0 Å². The highest BCUT2D eigenvalue weighted by Gasteiger charge is 2.24. The van der Waals surface area contributed by atoms with E-state index in [1.54, 1.807) is 25.1 Å². The Labute approximate surface area is 138 Å². The number of fused-ring (bicyclic) bond motifs is 3. The maximum absolute atomic E-state index is 14.5. The summed E-state index contributed by atoms with van der Waals surface area (Å²) in [5.41, 5.74) is 3.74. The molecule has 3 nitrogen and oxygen atoms in total. The van der Waals surface area contributed by atoms with Gasteiger partial charge in [-0.2, -0.15) is 5.26 Å². The van der Waals surface area contributed by atoms with Crippen LogP contribution in [0, 0.1) is 24.1 Å². The number of rotatable bonds is 1. The van der Waals surface area contributed by atoms with Crippen LogP contribution in [-0.4, -0.2) is 0 Å². The van der Waals surface area contributed by atoms with Crippen LogP contribution < -0.4 is 4.57 Å². The normalized spacial score (nSPS) is 11.1. The highest BCUT2D eigenvalue weighted by atomic mass is 19.1. The number of halogens is 1. The van der Waals surface area contributed by atoms with Crippen LogP contribution in [-0.2, 0) is 7.05 Å². The van der Waals surface area contributed by atoms with E-state index in [4.69, 9.17) is 4.42 Å². The second-order valence-corrected chi connectivity index (χ2v) is 5.82. The predicted octanol–water partition coefficient (Wildman–Crippen LogP) is 4.40. The number of aryl methyl sites for hydroxylation is 1. The zero-order valence-electron chi connectivity index (χ0n) is 13.3. The van der Waals surface area contributed by atoms with E-state index in [-0.39, 0.29) is 5.82 Å². The Kier molecular flexibility index (Phi) is 3.10. The lowest BCUT2D eigenvalue weighted by Crippen LogP contribution is -2.30. The molecular formula is C20H14FN2O+. The Bertz CT molecular complexity index is 1150. The van der Waals surface area contributed by atoms with Crippen molar-refractivity contribution in [3.05, 3.63) is 65.6 Å². The van der Waals surface area contributed by atoms with Crippen molar-refractivity contribution in [1.82, 2.24) is 0 Å². The third-order valence-corrected chi connectivity index (χ3v) is 4.42. The summed E-state index contributed by atoms with van der Waals surface area (Å²) in [6.07, 6.45) is 1.92. The van der Waals surface area contributed by atoms with Gasteiger partial charge in [0.15, 0.2) is 6.20 Å². The number of nitrogens with zero attached hydrogens (tertiary/aromatic N) is 2. The highest BCUT2D eigenvalue weighted by Crippen LogP contribution is 2.39. The Morgan fingerprint density at radius 1 is 1.08 bits per heavy atom. The minimum Gasteiger partial charge on any atom is -0.456 e. The second kappa shape index (κ2) is 5.17. The van der Waals surface area contributed by atoms with E-state index in [2.05, 4.69) is 6.07 Å². The van der Waals surface area contributed by atoms with Crippen molar-refractivity contribution >= 4 is 21.9 Å². The minimum atomic E-state index is -0.320. The van der Waals surface area contributed by atoms with Crippen molar-refractivity contribution in [2.24, 2.45) is 7.05 Å². The Morgan fingerprint density at radius 3 is 2.67 bits per heavy atom. The largest absolute Gasteiger partial charge is 0.456 e. The zero-order valence-corrected chi connectivity index (χ0v) is 13.3. The van der Waals surface area contributed by atoms with Gasteiger partial charge in [0.1, 0.15) is 24.0 Å². The third kappa shape index (κ3) is 1.92. The Hall–Kier alpha value is -3.19. The van der Waals surface area contributed by atoms with Crippen LogP contribution in [0.25, 0.3) is 33.2 Å². The van der Waals surface area contributed by atoms with Crippen LogP contribution in [0.2, 0.25) is 0 Å². The topological polar surface area (TPSA) is 40.8 Å². The van der Waals surface area contributed by atoms with Gasteiger partial charge in [-0.1, -0.05) is 6.07 Å². The lowest BCUT2D eigenvalue weighted by molar-refractivity contribution is -0.660. The number of furan rings is 1. The van der Waals surface area contributed by atoms with E-state index in [1.807, 2.05) is 36.0 Å². The molecule has 0 atom stereocenters. The summed E-state index contributed by atoms with van der Waals surface area (Å²) >= 11 is 0. The first-order valence-electron chi connectivity index (χ1n) is 7.61. The number of pyridine rings is 1. The quantitative estimate of drug-likeness (QED) is 0.488. The molecule has 4 rings (SSSR count). The van der Waals surface area contributed by atoms with E-state index in [0.29, 0.717) is 22.3 Å². The molecule has 0 amide bonds. The van der Waals surface area contributed by atoms with E-state index >= 15 is 0 Å². The van der Waals surface area contributed by atoms with Crippen LogP contribution in [0.5, 0.6) is 0 Å². The average molecular weight is 317 g/mol. The third-order valence-electron chi connectivity index (χ3n) is 4.42. The monoisotopic (exact) mass is 317 g/mol. The van der Waals surface area contributed by atoms with Crippen LogP contribution in [0.4, 0.5) is 4.39 Å². The number of aromatic nitrogens is 1. The fourth-order valence-electron chi connectivity index (χ4n) is 3.24. The summed E-state index contributed by atoms with van der Waals surface area (Å²) in [4.78, 5) is 0. The molecule has 4 aromatic rings. The van der Waals surface area contributed by atoms with Gasteiger partial charge in [-0.15, -0.1) is 0 Å². The summed E-state index contributed by atoms with van der Waals surface area (Å²) in [5, 5.41) is 11.0. The first kappa shape index (κ1) is 14.4. The molecule has 4 heteroatoms. The molecule has 0 spiro atoms. The van der Waals surface area contributed by atoms with Gasteiger partial charge in [0, 0.05) is 29.0 Å². The summed E-state index contributed by atoms with van der Waals surface area (Å²) in [7, 11) is 1.92. The van der Waals surface area contributed by atoms with Crippen molar-refractivity contribution in [2.75, 3.05) is 0 Å². The van der Waals surface area contributed by atoms with Crippen LogP contribution in [0.3, 0.4) is 0 Å². The lowest BCUT2D eigenvalue weighted by atomic mass is 9.96. The fraction of sp³-hybridized carbons (Fsp3) is 0.100. The minimum absolute atomic E-state index is 0.320. The molecule has 0 N–H and O–H groups in total. The highest BCUT2D eigenvalue weighted by molar-refractivity contribution is 6.14. The summed E-state index contributed by atoms with van der Waals surface area (Å²) in [6, 6.07) is 14.7. The molecule has 0 fully saturated rings. The van der Waals surface area contributed by atoms with Crippen molar-refractivity contribution in [3.63, 3.8) is 0 Å². The number of hydrogen-bond donors (Lipinski definition) is 0. The van der Waals surface area contributed by atoms with Crippen molar-refractivity contribution < 1.29 is 13.4 Å². The first-order chi connectivity index (χ1) is 11.6. The number of nitriles is 1.